The third-order valence-corrected chi connectivity index (χ3v) is 4.25. The van der Waals surface area contributed by atoms with Crippen molar-refractivity contribution in [2.45, 2.75) is 71.4 Å². The van der Waals surface area contributed by atoms with E-state index in [2.05, 4.69) is 32.6 Å². The molecule has 0 aromatic heterocycles. The quantitative estimate of drug-likeness (QED) is 0.745. The van der Waals surface area contributed by atoms with Gasteiger partial charge < -0.3 is 9.64 Å². The van der Waals surface area contributed by atoms with Crippen LogP contribution in [0.1, 0.15) is 59.8 Å². The summed E-state index contributed by atoms with van der Waals surface area (Å²) in [5, 5.41) is 0. The standard InChI is InChI=1S/C15H29NO/c1-13-7-5-6-10-16(13)11-15(8-9-15)12-17-14(2,3)4/h13H,5-12H2,1-4H3. The number of ether oxygens (including phenoxy) is 1. The summed E-state index contributed by atoms with van der Waals surface area (Å²) < 4.78 is 6.01. The van der Waals surface area contributed by atoms with Gasteiger partial charge in [-0.25, -0.2) is 0 Å². The predicted octanol–water partition coefficient (Wildman–Crippen LogP) is 3.46. The lowest BCUT2D eigenvalue weighted by Gasteiger charge is -2.36. The summed E-state index contributed by atoms with van der Waals surface area (Å²) in [6.07, 6.45) is 6.93. The number of likely N-dealkylation sites (tertiary alicyclic amines) is 1. The van der Waals surface area contributed by atoms with Crippen LogP contribution in [-0.2, 0) is 4.74 Å². The molecule has 0 aromatic rings. The van der Waals surface area contributed by atoms with Crippen LogP contribution in [0.25, 0.3) is 0 Å². The Balaban J connectivity index is 1.81. The molecular weight excluding hydrogens is 210 g/mol. The second kappa shape index (κ2) is 4.89. The minimum absolute atomic E-state index is 0.0170. The lowest BCUT2D eigenvalue weighted by molar-refractivity contribution is -0.0375. The van der Waals surface area contributed by atoms with Gasteiger partial charge in [0.05, 0.1) is 12.2 Å². The van der Waals surface area contributed by atoms with Crippen molar-refractivity contribution >= 4 is 0 Å². The van der Waals surface area contributed by atoms with E-state index >= 15 is 0 Å². The summed E-state index contributed by atoms with van der Waals surface area (Å²) in [4.78, 5) is 2.70. The first-order valence-electron chi connectivity index (χ1n) is 7.28. The Labute approximate surface area is 107 Å². The Kier molecular flexibility index (Phi) is 3.84. The van der Waals surface area contributed by atoms with Gasteiger partial charge in [-0.1, -0.05) is 6.42 Å². The molecule has 1 heterocycles. The van der Waals surface area contributed by atoms with E-state index in [4.69, 9.17) is 4.74 Å². The van der Waals surface area contributed by atoms with Gasteiger partial charge in [0.2, 0.25) is 0 Å². The lowest BCUT2D eigenvalue weighted by atomic mass is 10.00. The SMILES string of the molecule is CC1CCCCN1CC1(COC(C)(C)C)CC1. The van der Waals surface area contributed by atoms with Gasteiger partial charge in [-0.15, -0.1) is 0 Å². The maximum Gasteiger partial charge on any atom is 0.0598 e. The smallest absolute Gasteiger partial charge is 0.0598 e. The highest BCUT2D eigenvalue weighted by Gasteiger charge is 2.45. The van der Waals surface area contributed by atoms with Gasteiger partial charge >= 0.3 is 0 Å². The summed E-state index contributed by atoms with van der Waals surface area (Å²) >= 11 is 0. The van der Waals surface area contributed by atoms with Crippen LogP contribution in [0.2, 0.25) is 0 Å². The molecule has 0 amide bonds. The Bertz CT molecular complexity index is 252. The van der Waals surface area contributed by atoms with E-state index in [1.54, 1.807) is 0 Å². The highest BCUT2D eigenvalue weighted by atomic mass is 16.5. The molecule has 0 aromatic carbocycles. The van der Waals surface area contributed by atoms with Crippen molar-refractivity contribution in [3.63, 3.8) is 0 Å². The zero-order valence-corrected chi connectivity index (χ0v) is 12.1. The minimum atomic E-state index is 0.0170. The number of nitrogens with zero attached hydrogens (tertiary/aromatic N) is 1. The summed E-state index contributed by atoms with van der Waals surface area (Å²) in [6.45, 7) is 12.4. The average molecular weight is 239 g/mol. The Morgan fingerprint density at radius 3 is 2.47 bits per heavy atom. The van der Waals surface area contributed by atoms with Crippen molar-refractivity contribution < 1.29 is 4.74 Å². The normalized spacial score (nSPS) is 29.3. The van der Waals surface area contributed by atoms with Gasteiger partial charge in [-0.2, -0.15) is 0 Å². The fraction of sp³-hybridized carbons (Fsp3) is 1.00. The summed E-state index contributed by atoms with van der Waals surface area (Å²) in [5.74, 6) is 0. The van der Waals surface area contributed by atoms with Crippen molar-refractivity contribution in [2.75, 3.05) is 19.7 Å². The van der Waals surface area contributed by atoms with Crippen LogP contribution in [0.4, 0.5) is 0 Å². The van der Waals surface area contributed by atoms with E-state index in [-0.39, 0.29) is 5.60 Å². The molecule has 2 fully saturated rings. The van der Waals surface area contributed by atoms with Crippen molar-refractivity contribution in [1.82, 2.24) is 4.90 Å². The van der Waals surface area contributed by atoms with Gasteiger partial charge in [0.15, 0.2) is 0 Å². The lowest BCUT2D eigenvalue weighted by Crippen LogP contribution is -2.42. The molecule has 1 aliphatic carbocycles. The molecule has 1 atom stereocenters. The van der Waals surface area contributed by atoms with Gasteiger partial charge in [0, 0.05) is 18.0 Å². The maximum atomic E-state index is 6.01. The van der Waals surface area contributed by atoms with E-state index in [1.165, 1.54) is 45.2 Å². The van der Waals surface area contributed by atoms with E-state index in [1.807, 2.05) is 0 Å². The predicted molar refractivity (Wildman–Crippen MR) is 72.3 cm³/mol. The first kappa shape index (κ1) is 13.4. The molecule has 2 rings (SSSR count). The van der Waals surface area contributed by atoms with Crippen molar-refractivity contribution in [3.8, 4) is 0 Å². The fourth-order valence-electron chi connectivity index (χ4n) is 2.72. The molecule has 1 saturated heterocycles. The average Bonchev–Trinajstić information content (AvgIpc) is 2.99. The van der Waals surface area contributed by atoms with Crippen LogP contribution in [0, 0.1) is 5.41 Å². The second-order valence-electron chi connectivity index (χ2n) is 7.22. The molecule has 1 unspecified atom stereocenters. The van der Waals surface area contributed by atoms with Crippen LogP contribution in [0.5, 0.6) is 0 Å². The van der Waals surface area contributed by atoms with E-state index < -0.39 is 0 Å². The third kappa shape index (κ3) is 3.96. The van der Waals surface area contributed by atoms with Crippen LogP contribution in [0.15, 0.2) is 0 Å². The Morgan fingerprint density at radius 1 is 1.24 bits per heavy atom. The van der Waals surface area contributed by atoms with Crippen molar-refractivity contribution in [1.29, 1.82) is 0 Å². The fourth-order valence-corrected chi connectivity index (χ4v) is 2.72. The zero-order valence-electron chi connectivity index (χ0n) is 12.1. The maximum absolute atomic E-state index is 6.01. The molecule has 0 spiro atoms. The molecule has 2 aliphatic rings. The molecular formula is C15H29NO. The van der Waals surface area contributed by atoms with E-state index in [0.29, 0.717) is 5.41 Å². The summed E-state index contributed by atoms with van der Waals surface area (Å²) in [7, 11) is 0. The molecule has 2 nitrogen and oxygen atoms in total. The van der Waals surface area contributed by atoms with Crippen LogP contribution < -0.4 is 0 Å². The van der Waals surface area contributed by atoms with Crippen molar-refractivity contribution in [2.24, 2.45) is 5.41 Å². The summed E-state index contributed by atoms with van der Waals surface area (Å²) in [6, 6.07) is 0.788. The molecule has 1 aliphatic heterocycles. The molecule has 2 heteroatoms. The van der Waals surface area contributed by atoms with Gasteiger partial charge in [-0.3, -0.25) is 0 Å². The van der Waals surface area contributed by atoms with E-state index in [0.717, 1.165) is 12.6 Å². The van der Waals surface area contributed by atoms with Gasteiger partial charge in [-0.05, 0) is 59.9 Å². The molecule has 0 N–H and O–H groups in total. The highest BCUT2D eigenvalue weighted by Crippen LogP contribution is 2.47. The van der Waals surface area contributed by atoms with Crippen molar-refractivity contribution in [3.05, 3.63) is 0 Å². The molecule has 17 heavy (non-hydrogen) atoms. The van der Waals surface area contributed by atoms with Crippen LogP contribution >= 0.6 is 0 Å². The van der Waals surface area contributed by atoms with E-state index in [9.17, 15) is 0 Å². The molecule has 0 bridgehead atoms. The van der Waals surface area contributed by atoms with Gasteiger partial charge in [0.1, 0.15) is 0 Å². The van der Waals surface area contributed by atoms with Crippen LogP contribution in [-0.4, -0.2) is 36.2 Å². The van der Waals surface area contributed by atoms with Gasteiger partial charge in [0.25, 0.3) is 0 Å². The largest absolute Gasteiger partial charge is 0.375 e. The molecule has 100 valence electrons. The van der Waals surface area contributed by atoms with Crippen LogP contribution in [0.3, 0.4) is 0 Å². The topological polar surface area (TPSA) is 12.5 Å². The number of piperidine rings is 1. The molecule has 0 radical (unpaired) electrons. The minimum Gasteiger partial charge on any atom is -0.375 e. The highest BCUT2D eigenvalue weighted by molar-refractivity contribution is 4.97. The third-order valence-electron chi connectivity index (χ3n) is 4.25. The number of hydrogen-bond acceptors (Lipinski definition) is 2. The monoisotopic (exact) mass is 239 g/mol. The first-order valence-corrected chi connectivity index (χ1v) is 7.28. The Morgan fingerprint density at radius 2 is 1.94 bits per heavy atom. The second-order valence-corrected chi connectivity index (χ2v) is 7.22. The first-order chi connectivity index (χ1) is 7.90. The number of hydrogen-bond donors (Lipinski definition) is 0. The zero-order chi connectivity index (χ0) is 12.5. The summed E-state index contributed by atoms with van der Waals surface area (Å²) in [5.41, 5.74) is 0.516. The Hall–Kier alpha value is -0.0800. The molecule has 1 saturated carbocycles. The number of rotatable bonds is 4.